The maximum atomic E-state index is 13.5. The molecule has 1 saturated carbocycles. The Balaban J connectivity index is 1.54. The van der Waals surface area contributed by atoms with E-state index in [1.165, 1.54) is 10.4 Å². The van der Waals surface area contributed by atoms with E-state index in [4.69, 9.17) is 15.5 Å². The van der Waals surface area contributed by atoms with Crippen LogP contribution >= 0.6 is 0 Å². The predicted molar refractivity (Wildman–Crippen MR) is 147 cm³/mol. The van der Waals surface area contributed by atoms with Gasteiger partial charge in [-0.15, -0.1) is 0 Å². The van der Waals surface area contributed by atoms with Crippen LogP contribution in [0.5, 0.6) is 5.75 Å². The highest BCUT2D eigenvalue weighted by Crippen LogP contribution is 2.36. The highest BCUT2D eigenvalue weighted by atomic mass is 32.2. The summed E-state index contributed by atoms with van der Waals surface area (Å²) in [6.07, 6.45) is 4.06. The molecule has 0 unspecified atom stereocenters. The maximum absolute atomic E-state index is 13.5. The molecule has 3 heterocycles. The lowest BCUT2D eigenvalue weighted by Gasteiger charge is -2.35. The summed E-state index contributed by atoms with van der Waals surface area (Å²) in [5.74, 6) is 0.617. The molecule has 2 aromatic rings. The Kier molecular flexibility index (Phi) is 7.94. The first-order chi connectivity index (χ1) is 18.7. The van der Waals surface area contributed by atoms with E-state index in [1.54, 1.807) is 17.1 Å². The first kappa shape index (κ1) is 27.6. The van der Waals surface area contributed by atoms with E-state index in [1.807, 2.05) is 19.0 Å². The van der Waals surface area contributed by atoms with Gasteiger partial charge in [-0.3, -0.25) is 14.6 Å². The number of anilines is 1. The molecule has 2 fully saturated rings. The summed E-state index contributed by atoms with van der Waals surface area (Å²) < 4.78 is 34.4. The summed E-state index contributed by atoms with van der Waals surface area (Å²) in [5, 5.41) is 3.60. The van der Waals surface area contributed by atoms with Gasteiger partial charge in [0.2, 0.25) is 15.9 Å². The number of primary amides is 1. The van der Waals surface area contributed by atoms with Crippen LogP contribution in [0.15, 0.2) is 27.9 Å². The first-order valence-electron chi connectivity index (χ1n) is 13.6. The van der Waals surface area contributed by atoms with Crippen LogP contribution < -0.4 is 21.0 Å². The summed E-state index contributed by atoms with van der Waals surface area (Å²) in [6.45, 7) is 5.37. The number of benzene rings is 1. The largest absolute Gasteiger partial charge is 0.493 e. The van der Waals surface area contributed by atoms with Crippen molar-refractivity contribution in [3.8, 4) is 17.1 Å². The molecule has 1 aliphatic carbocycles. The number of carbonyl (C=O) groups is 1. The van der Waals surface area contributed by atoms with Crippen molar-refractivity contribution in [1.82, 2.24) is 24.2 Å². The van der Waals surface area contributed by atoms with Gasteiger partial charge in [-0.1, -0.05) is 13.3 Å². The Hall–Kier alpha value is -3.00. The van der Waals surface area contributed by atoms with Gasteiger partial charge in [0.05, 0.1) is 35.8 Å². The molecule has 212 valence electrons. The number of nitrogens with one attached hydrogen (secondary N) is 1. The minimum absolute atomic E-state index is 0.0263. The SMILES string of the molecule is CCCOc1ccc(S(=O)(=O)N2CCN(C)CC2)cc1-c1nc2c(c(=O)[nH]1)N(CC1CCC1)N(CC(N)=O)C2. The number of ether oxygens (including phenoxy) is 1. The number of amides is 1. The van der Waals surface area contributed by atoms with Gasteiger partial charge in [-0.2, -0.15) is 4.31 Å². The Morgan fingerprint density at radius 1 is 1.21 bits per heavy atom. The minimum Gasteiger partial charge on any atom is -0.493 e. The van der Waals surface area contributed by atoms with Gasteiger partial charge in [-0.25, -0.2) is 18.4 Å². The van der Waals surface area contributed by atoms with E-state index < -0.39 is 15.9 Å². The van der Waals surface area contributed by atoms with Gasteiger partial charge in [0.25, 0.3) is 5.56 Å². The van der Waals surface area contributed by atoms with E-state index in [0.29, 0.717) is 67.9 Å². The second-order valence-electron chi connectivity index (χ2n) is 10.6. The molecule has 1 aromatic heterocycles. The molecule has 1 saturated heterocycles. The number of piperazine rings is 1. The van der Waals surface area contributed by atoms with Crippen molar-refractivity contribution in [3.05, 3.63) is 34.2 Å². The van der Waals surface area contributed by atoms with Crippen molar-refractivity contribution >= 4 is 21.6 Å². The van der Waals surface area contributed by atoms with Crippen molar-refractivity contribution in [2.24, 2.45) is 11.7 Å². The number of hydrazine groups is 1. The molecule has 39 heavy (non-hydrogen) atoms. The zero-order valence-electron chi connectivity index (χ0n) is 22.6. The van der Waals surface area contributed by atoms with Crippen LogP contribution in [0.2, 0.25) is 0 Å². The van der Waals surface area contributed by atoms with Gasteiger partial charge >= 0.3 is 0 Å². The number of hydrogen-bond acceptors (Lipinski definition) is 9. The Labute approximate surface area is 228 Å². The van der Waals surface area contributed by atoms with Crippen molar-refractivity contribution in [1.29, 1.82) is 0 Å². The number of carbonyl (C=O) groups excluding carboxylic acids is 1. The highest BCUT2D eigenvalue weighted by Gasteiger charge is 2.36. The number of rotatable bonds is 10. The van der Waals surface area contributed by atoms with E-state index >= 15 is 0 Å². The number of likely N-dealkylation sites (N-methyl/N-ethyl adjacent to an activating group) is 1. The van der Waals surface area contributed by atoms with Gasteiger partial charge in [0.1, 0.15) is 17.3 Å². The smallest absolute Gasteiger partial charge is 0.276 e. The molecule has 0 spiro atoms. The van der Waals surface area contributed by atoms with Gasteiger partial charge < -0.3 is 20.4 Å². The fourth-order valence-electron chi connectivity index (χ4n) is 5.24. The van der Waals surface area contributed by atoms with E-state index in [2.05, 4.69) is 9.88 Å². The molecule has 12 nitrogen and oxygen atoms in total. The van der Waals surface area contributed by atoms with Crippen LogP contribution in [0.1, 0.15) is 38.3 Å². The fraction of sp³-hybridized carbons (Fsp3) is 0.577. The normalized spacial score (nSPS) is 19.2. The maximum Gasteiger partial charge on any atom is 0.276 e. The minimum atomic E-state index is -3.75. The van der Waals surface area contributed by atoms with Crippen LogP contribution in [-0.2, 0) is 21.4 Å². The van der Waals surface area contributed by atoms with Crippen LogP contribution in [0.4, 0.5) is 5.69 Å². The number of sulfonamides is 1. The number of H-pyrrole nitrogens is 1. The predicted octanol–water partition coefficient (Wildman–Crippen LogP) is 0.984. The molecular formula is C26H37N7O5S. The molecule has 2 aliphatic heterocycles. The summed E-state index contributed by atoms with van der Waals surface area (Å²) in [6, 6.07) is 4.71. The third-order valence-corrected chi connectivity index (χ3v) is 9.56. The monoisotopic (exact) mass is 559 g/mol. The van der Waals surface area contributed by atoms with Gasteiger partial charge in [0, 0.05) is 32.7 Å². The fourth-order valence-corrected chi connectivity index (χ4v) is 6.68. The third kappa shape index (κ3) is 5.67. The zero-order chi connectivity index (χ0) is 27.7. The topological polar surface area (TPSA) is 145 Å². The second-order valence-corrected chi connectivity index (χ2v) is 12.5. The summed E-state index contributed by atoms with van der Waals surface area (Å²) >= 11 is 0. The van der Waals surface area contributed by atoms with Crippen molar-refractivity contribution in [3.63, 3.8) is 0 Å². The van der Waals surface area contributed by atoms with Gasteiger partial charge in [0.15, 0.2) is 0 Å². The van der Waals surface area contributed by atoms with Crippen LogP contribution in [0.3, 0.4) is 0 Å². The van der Waals surface area contributed by atoms with Crippen molar-refractivity contribution in [2.75, 3.05) is 57.9 Å². The van der Waals surface area contributed by atoms with Crippen molar-refractivity contribution < 1.29 is 17.9 Å². The highest BCUT2D eigenvalue weighted by molar-refractivity contribution is 7.89. The lowest BCUT2D eigenvalue weighted by Crippen LogP contribution is -2.47. The lowest BCUT2D eigenvalue weighted by molar-refractivity contribution is -0.119. The molecule has 0 bridgehead atoms. The second kappa shape index (κ2) is 11.2. The van der Waals surface area contributed by atoms with Crippen molar-refractivity contribution in [2.45, 2.75) is 44.0 Å². The zero-order valence-corrected chi connectivity index (χ0v) is 23.4. The number of nitrogens with two attached hydrogens (primary N) is 1. The van der Waals surface area contributed by atoms with Crippen LogP contribution in [0, 0.1) is 5.92 Å². The molecule has 1 amide bonds. The quantitative estimate of drug-likeness (QED) is 0.435. The van der Waals surface area contributed by atoms with E-state index in [-0.39, 0.29) is 29.4 Å². The number of hydrogen-bond donors (Lipinski definition) is 2. The Bertz CT molecular complexity index is 1380. The molecule has 0 radical (unpaired) electrons. The number of aromatic amines is 1. The molecule has 3 aliphatic rings. The molecule has 1 aromatic carbocycles. The van der Waals surface area contributed by atoms with E-state index in [9.17, 15) is 18.0 Å². The third-order valence-electron chi connectivity index (χ3n) is 7.66. The standard InChI is InChI=1S/C26H37N7O5S/c1-3-13-38-22-8-7-19(39(36,37)32-11-9-30(2)10-12-32)14-20(22)25-28-21-16-31(17-23(27)34)33(15-18-5-4-6-18)24(21)26(35)29-25/h7-8,14,18H,3-6,9-13,15-17H2,1-2H3,(H2,27,34)(H,28,29,35). The molecular weight excluding hydrogens is 522 g/mol. The number of aromatic nitrogens is 2. The molecule has 5 rings (SSSR count). The van der Waals surface area contributed by atoms with Gasteiger partial charge in [-0.05, 0) is 50.4 Å². The summed E-state index contributed by atoms with van der Waals surface area (Å²) in [4.78, 5) is 35.1. The van der Waals surface area contributed by atoms with Crippen LogP contribution in [-0.4, -0.2) is 91.4 Å². The summed E-state index contributed by atoms with van der Waals surface area (Å²) in [5.41, 5.74) is 6.48. The first-order valence-corrected chi connectivity index (χ1v) is 15.0. The Morgan fingerprint density at radius 3 is 2.59 bits per heavy atom. The molecule has 13 heteroatoms. The molecule has 3 N–H and O–H groups in total. The number of fused-ring (bicyclic) bond motifs is 1. The Morgan fingerprint density at radius 2 is 1.95 bits per heavy atom. The lowest BCUT2D eigenvalue weighted by atomic mass is 9.85. The van der Waals surface area contributed by atoms with E-state index in [0.717, 1.165) is 25.7 Å². The average Bonchev–Trinajstić information content (AvgIpc) is 3.21. The number of nitrogens with zero attached hydrogens (tertiary/aromatic N) is 5. The average molecular weight is 560 g/mol. The molecule has 0 atom stereocenters. The van der Waals surface area contributed by atoms with Crippen LogP contribution in [0.25, 0.3) is 11.4 Å². The summed E-state index contributed by atoms with van der Waals surface area (Å²) in [7, 11) is -1.78.